The zero-order valence-corrected chi connectivity index (χ0v) is 20.8. The fraction of sp³-hybridized carbons (Fsp3) is 0.435. The van der Waals surface area contributed by atoms with Gasteiger partial charge in [-0.15, -0.1) is 24.0 Å². The van der Waals surface area contributed by atoms with E-state index in [-0.39, 0.29) is 24.0 Å². The minimum absolute atomic E-state index is 0. The second-order valence-corrected chi connectivity index (χ2v) is 7.05. The molecule has 1 aliphatic rings. The van der Waals surface area contributed by atoms with Crippen molar-refractivity contribution in [1.82, 2.24) is 10.2 Å². The molecule has 170 valence electrons. The summed E-state index contributed by atoms with van der Waals surface area (Å²) in [5.74, 6) is 2.11. The lowest BCUT2D eigenvalue weighted by Crippen LogP contribution is -2.35. The van der Waals surface area contributed by atoms with Crippen LogP contribution < -0.4 is 20.1 Å². The molecule has 0 aromatic heterocycles. The molecule has 0 radical (unpaired) electrons. The van der Waals surface area contributed by atoms with E-state index in [1.54, 1.807) is 14.2 Å². The summed E-state index contributed by atoms with van der Waals surface area (Å²) >= 11 is 0. The average molecular weight is 540 g/mol. The molecule has 0 unspecified atom stereocenters. The quantitative estimate of drug-likeness (QED) is 0.302. The molecule has 0 atom stereocenters. The number of morpholine rings is 1. The van der Waals surface area contributed by atoms with Gasteiger partial charge in [0.1, 0.15) is 0 Å². The molecule has 1 saturated heterocycles. The summed E-state index contributed by atoms with van der Waals surface area (Å²) in [6.45, 7) is 7.85. The van der Waals surface area contributed by atoms with Gasteiger partial charge in [0.15, 0.2) is 17.5 Å². The Balaban J connectivity index is 0.00000341. The number of rotatable bonds is 8. The predicted molar refractivity (Wildman–Crippen MR) is 136 cm³/mol. The van der Waals surface area contributed by atoms with Crippen LogP contribution in [0.4, 0.5) is 5.69 Å². The molecule has 1 heterocycles. The van der Waals surface area contributed by atoms with Gasteiger partial charge in [0, 0.05) is 45.0 Å². The van der Waals surface area contributed by atoms with Crippen LogP contribution >= 0.6 is 24.0 Å². The van der Waals surface area contributed by atoms with Gasteiger partial charge in [-0.3, -0.25) is 9.89 Å². The smallest absolute Gasteiger partial charge is 0.195 e. The number of ether oxygens (including phenoxy) is 3. The molecule has 1 aliphatic heterocycles. The van der Waals surface area contributed by atoms with Gasteiger partial charge in [-0.2, -0.15) is 0 Å². The van der Waals surface area contributed by atoms with Crippen LogP contribution in [0.2, 0.25) is 0 Å². The number of guanidine groups is 1. The van der Waals surface area contributed by atoms with Gasteiger partial charge in [-0.05, 0) is 30.2 Å². The highest BCUT2D eigenvalue weighted by Crippen LogP contribution is 2.30. The number of aliphatic imine (C=N–C) groups is 1. The Labute approximate surface area is 202 Å². The summed E-state index contributed by atoms with van der Waals surface area (Å²) in [6.07, 6.45) is 0. The van der Waals surface area contributed by atoms with E-state index in [9.17, 15) is 0 Å². The highest BCUT2D eigenvalue weighted by Gasteiger charge is 2.11. The molecule has 0 bridgehead atoms. The molecular weight excluding hydrogens is 507 g/mol. The first-order valence-electron chi connectivity index (χ1n) is 10.4. The largest absolute Gasteiger partial charge is 0.493 e. The number of hydrogen-bond donors (Lipinski definition) is 2. The fourth-order valence-corrected chi connectivity index (χ4v) is 3.30. The Morgan fingerprint density at radius 2 is 1.77 bits per heavy atom. The van der Waals surface area contributed by atoms with E-state index in [4.69, 9.17) is 14.2 Å². The predicted octanol–water partition coefficient (Wildman–Crippen LogP) is 3.73. The van der Waals surface area contributed by atoms with E-state index in [2.05, 4.69) is 44.8 Å². The van der Waals surface area contributed by atoms with Crippen molar-refractivity contribution in [2.24, 2.45) is 4.99 Å². The second kappa shape index (κ2) is 13.4. The van der Waals surface area contributed by atoms with Crippen molar-refractivity contribution in [3.8, 4) is 11.5 Å². The van der Waals surface area contributed by atoms with Gasteiger partial charge in [0.05, 0.1) is 26.9 Å². The summed E-state index contributed by atoms with van der Waals surface area (Å²) in [6, 6.07) is 14.5. The summed E-state index contributed by atoms with van der Waals surface area (Å²) in [5, 5.41) is 6.65. The molecule has 0 spiro atoms. The second-order valence-electron chi connectivity index (χ2n) is 7.05. The van der Waals surface area contributed by atoms with Crippen molar-refractivity contribution in [3.05, 3.63) is 53.6 Å². The van der Waals surface area contributed by atoms with Crippen LogP contribution in [0.15, 0.2) is 47.5 Å². The Morgan fingerprint density at radius 3 is 2.42 bits per heavy atom. The topological polar surface area (TPSA) is 67.4 Å². The van der Waals surface area contributed by atoms with Gasteiger partial charge in [-0.25, -0.2) is 0 Å². The van der Waals surface area contributed by atoms with Crippen LogP contribution in [-0.4, -0.2) is 57.9 Å². The van der Waals surface area contributed by atoms with E-state index in [0.717, 1.165) is 38.5 Å². The van der Waals surface area contributed by atoms with Gasteiger partial charge >= 0.3 is 0 Å². The molecule has 8 heteroatoms. The van der Waals surface area contributed by atoms with E-state index in [1.165, 1.54) is 11.1 Å². The maximum atomic E-state index is 5.64. The summed E-state index contributed by atoms with van der Waals surface area (Å²) < 4.78 is 16.4. The van der Waals surface area contributed by atoms with Crippen molar-refractivity contribution < 1.29 is 14.2 Å². The summed E-state index contributed by atoms with van der Waals surface area (Å²) in [7, 11) is 3.39. The van der Waals surface area contributed by atoms with E-state index in [1.807, 2.05) is 25.1 Å². The van der Waals surface area contributed by atoms with Crippen molar-refractivity contribution >= 4 is 35.6 Å². The number of halogens is 1. The van der Waals surface area contributed by atoms with E-state index in [0.29, 0.717) is 30.6 Å². The Hall–Kier alpha value is -2.04. The standard InChI is InChI=1S/C23H32N4O3.HI/c1-4-30-22-15-20(9-10-21(22)28-3)26-23(24-2)25-16-18-5-7-19(8-6-18)17-27-11-13-29-14-12-27;/h5-10,15H,4,11-14,16-17H2,1-3H3,(H2,24,25,26);1H. The lowest BCUT2D eigenvalue weighted by Gasteiger charge is -2.26. The molecule has 2 N–H and O–H groups in total. The third-order valence-corrected chi connectivity index (χ3v) is 4.94. The van der Waals surface area contributed by atoms with E-state index >= 15 is 0 Å². The Bertz CT molecular complexity index is 824. The molecule has 0 saturated carbocycles. The summed E-state index contributed by atoms with van der Waals surface area (Å²) in [4.78, 5) is 6.74. The lowest BCUT2D eigenvalue weighted by molar-refractivity contribution is 0.0342. The molecule has 7 nitrogen and oxygen atoms in total. The van der Waals surface area contributed by atoms with Crippen molar-refractivity contribution in [2.45, 2.75) is 20.0 Å². The van der Waals surface area contributed by atoms with Crippen molar-refractivity contribution in [1.29, 1.82) is 0 Å². The van der Waals surface area contributed by atoms with Crippen LogP contribution in [0.25, 0.3) is 0 Å². The first-order chi connectivity index (χ1) is 14.7. The Kier molecular flexibility index (Phi) is 10.9. The highest BCUT2D eigenvalue weighted by molar-refractivity contribution is 14.0. The van der Waals surface area contributed by atoms with E-state index < -0.39 is 0 Å². The minimum Gasteiger partial charge on any atom is -0.493 e. The normalized spacial score (nSPS) is 14.5. The highest BCUT2D eigenvalue weighted by atomic mass is 127. The maximum absolute atomic E-state index is 5.64. The minimum atomic E-state index is 0. The average Bonchev–Trinajstić information content (AvgIpc) is 2.79. The van der Waals surface area contributed by atoms with Crippen LogP contribution in [0, 0.1) is 0 Å². The number of nitrogens with one attached hydrogen (secondary N) is 2. The van der Waals surface area contributed by atoms with Crippen LogP contribution in [-0.2, 0) is 17.8 Å². The zero-order chi connectivity index (χ0) is 21.2. The van der Waals surface area contributed by atoms with Crippen molar-refractivity contribution in [3.63, 3.8) is 0 Å². The number of benzene rings is 2. The summed E-state index contributed by atoms with van der Waals surface area (Å²) in [5.41, 5.74) is 3.41. The number of hydrogen-bond acceptors (Lipinski definition) is 5. The molecule has 2 aromatic rings. The van der Waals surface area contributed by atoms with Crippen LogP contribution in [0.5, 0.6) is 11.5 Å². The number of anilines is 1. The lowest BCUT2D eigenvalue weighted by atomic mass is 10.1. The van der Waals surface area contributed by atoms with Gasteiger partial charge in [0.25, 0.3) is 0 Å². The third-order valence-electron chi connectivity index (χ3n) is 4.94. The SMILES string of the molecule is CCOc1cc(NC(=NC)NCc2ccc(CN3CCOCC3)cc2)ccc1OC.I. The van der Waals surface area contributed by atoms with Crippen LogP contribution in [0.1, 0.15) is 18.1 Å². The molecule has 31 heavy (non-hydrogen) atoms. The molecule has 2 aromatic carbocycles. The Morgan fingerprint density at radius 1 is 1.06 bits per heavy atom. The zero-order valence-electron chi connectivity index (χ0n) is 18.5. The number of methoxy groups -OCH3 is 1. The van der Waals surface area contributed by atoms with Gasteiger partial charge < -0.3 is 24.8 Å². The third kappa shape index (κ3) is 7.86. The fourth-order valence-electron chi connectivity index (χ4n) is 3.30. The molecule has 3 rings (SSSR count). The van der Waals surface area contributed by atoms with Crippen molar-refractivity contribution in [2.75, 3.05) is 52.4 Å². The molecule has 0 amide bonds. The van der Waals surface area contributed by atoms with Gasteiger partial charge in [-0.1, -0.05) is 24.3 Å². The first-order valence-corrected chi connectivity index (χ1v) is 10.4. The van der Waals surface area contributed by atoms with Gasteiger partial charge in [0.2, 0.25) is 0 Å². The molecule has 0 aliphatic carbocycles. The first kappa shape index (κ1) is 25.2. The molecule has 1 fully saturated rings. The number of nitrogens with zero attached hydrogens (tertiary/aromatic N) is 2. The van der Waals surface area contributed by atoms with Crippen LogP contribution in [0.3, 0.4) is 0 Å². The molecular formula is C23H33IN4O3. The monoisotopic (exact) mass is 540 g/mol. The maximum Gasteiger partial charge on any atom is 0.195 e.